The van der Waals surface area contributed by atoms with Crippen LogP contribution in [0.1, 0.15) is 40.4 Å². The number of aryl methyl sites for hydroxylation is 2. The Hall–Kier alpha value is -1.27. The van der Waals surface area contributed by atoms with Crippen LogP contribution in [0.5, 0.6) is 0 Å². The number of thiazole rings is 1. The van der Waals surface area contributed by atoms with Crippen LogP contribution in [-0.4, -0.2) is 53.2 Å². The van der Waals surface area contributed by atoms with Crippen LogP contribution in [0.4, 0.5) is 0 Å². The number of benzene rings is 1. The zero-order valence-corrected chi connectivity index (χ0v) is 16.6. The Morgan fingerprint density at radius 3 is 2.69 bits per heavy atom. The minimum Gasteiger partial charge on any atom is -0.389 e. The molecule has 26 heavy (non-hydrogen) atoms. The molecule has 5 heteroatoms. The molecule has 2 aliphatic rings. The second-order valence-electron chi connectivity index (χ2n) is 7.87. The SMILES string of the molecule is CN(C)[C@]1(c2ccccc2)CCN(Cc2nc3c(s2)CCCC3)C[C@H]1O. The minimum atomic E-state index is -0.414. The smallest absolute Gasteiger partial charge is 0.107 e. The van der Waals surface area contributed by atoms with Crippen molar-refractivity contribution in [2.24, 2.45) is 0 Å². The van der Waals surface area contributed by atoms with Crippen molar-refractivity contribution in [3.05, 3.63) is 51.5 Å². The highest BCUT2D eigenvalue weighted by molar-refractivity contribution is 7.11. The van der Waals surface area contributed by atoms with E-state index >= 15 is 0 Å². The topological polar surface area (TPSA) is 39.6 Å². The zero-order valence-electron chi connectivity index (χ0n) is 15.8. The molecule has 1 N–H and O–H groups in total. The van der Waals surface area contributed by atoms with Crippen molar-refractivity contribution in [3.8, 4) is 0 Å². The monoisotopic (exact) mass is 371 g/mol. The highest BCUT2D eigenvalue weighted by Gasteiger charge is 2.45. The van der Waals surface area contributed by atoms with Crippen LogP contribution in [0, 0.1) is 0 Å². The lowest BCUT2D eigenvalue weighted by Crippen LogP contribution is -2.59. The number of fused-ring (bicyclic) bond motifs is 1. The van der Waals surface area contributed by atoms with E-state index in [4.69, 9.17) is 4.98 Å². The second kappa shape index (κ2) is 7.39. The highest BCUT2D eigenvalue weighted by atomic mass is 32.1. The molecule has 2 aromatic rings. The Kier molecular flexibility index (Phi) is 5.15. The van der Waals surface area contributed by atoms with Crippen LogP contribution in [-0.2, 0) is 24.9 Å². The zero-order chi connectivity index (χ0) is 18.1. The second-order valence-corrected chi connectivity index (χ2v) is 9.04. The van der Waals surface area contributed by atoms with Crippen LogP contribution in [0.3, 0.4) is 0 Å². The minimum absolute atomic E-state index is 0.306. The maximum atomic E-state index is 11.2. The molecule has 1 aliphatic heterocycles. The summed E-state index contributed by atoms with van der Waals surface area (Å²) >= 11 is 1.89. The molecule has 1 aromatic heterocycles. The molecule has 0 spiro atoms. The predicted molar refractivity (Wildman–Crippen MR) is 106 cm³/mol. The van der Waals surface area contributed by atoms with E-state index in [1.54, 1.807) is 0 Å². The lowest BCUT2D eigenvalue weighted by Gasteiger charge is -2.49. The number of piperidine rings is 1. The number of nitrogens with zero attached hydrogens (tertiary/aromatic N) is 3. The van der Waals surface area contributed by atoms with Gasteiger partial charge in [0.1, 0.15) is 5.01 Å². The van der Waals surface area contributed by atoms with E-state index in [1.165, 1.54) is 40.4 Å². The van der Waals surface area contributed by atoms with Crippen LogP contribution in [0.25, 0.3) is 0 Å². The average Bonchev–Trinajstić information content (AvgIpc) is 3.05. The average molecular weight is 372 g/mol. The van der Waals surface area contributed by atoms with Gasteiger partial charge in [-0.05, 0) is 51.8 Å². The van der Waals surface area contributed by atoms with E-state index in [9.17, 15) is 5.11 Å². The van der Waals surface area contributed by atoms with Crippen molar-refractivity contribution in [3.63, 3.8) is 0 Å². The molecule has 1 fully saturated rings. The van der Waals surface area contributed by atoms with Gasteiger partial charge in [-0.25, -0.2) is 4.98 Å². The molecule has 4 nitrogen and oxygen atoms in total. The van der Waals surface area contributed by atoms with Gasteiger partial charge in [0.15, 0.2) is 0 Å². The van der Waals surface area contributed by atoms with Crippen molar-refractivity contribution in [1.29, 1.82) is 0 Å². The first-order chi connectivity index (χ1) is 12.6. The molecule has 0 saturated carbocycles. The fraction of sp³-hybridized carbons (Fsp3) is 0.571. The van der Waals surface area contributed by atoms with Gasteiger partial charge in [0, 0.05) is 18.0 Å². The van der Waals surface area contributed by atoms with Gasteiger partial charge in [0.05, 0.1) is 23.9 Å². The van der Waals surface area contributed by atoms with Gasteiger partial charge in [-0.1, -0.05) is 30.3 Å². The Morgan fingerprint density at radius 2 is 2.00 bits per heavy atom. The standard InChI is InChI=1S/C21H29N3OS/c1-23(2)21(16-8-4-3-5-9-16)12-13-24(14-19(21)25)15-20-22-17-10-6-7-11-18(17)26-20/h3-5,8-9,19,25H,6-7,10-15H2,1-2H3/t19-,21+/m1/s1. The van der Waals surface area contributed by atoms with Crippen molar-refractivity contribution < 1.29 is 5.11 Å². The number of rotatable bonds is 4. The number of hydrogen-bond donors (Lipinski definition) is 1. The Labute approximate surface area is 160 Å². The molecule has 140 valence electrons. The fourth-order valence-corrected chi connectivity index (χ4v) is 5.83. The molecule has 4 rings (SSSR count). The summed E-state index contributed by atoms with van der Waals surface area (Å²) in [5, 5.41) is 12.4. The van der Waals surface area contributed by atoms with Crippen LogP contribution in [0.15, 0.2) is 30.3 Å². The highest BCUT2D eigenvalue weighted by Crippen LogP contribution is 2.38. The number of likely N-dealkylation sites (tertiary alicyclic amines) is 1. The molecule has 2 heterocycles. The summed E-state index contributed by atoms with van der Waals surface area (Å²) in [6.45, 7) is 2.54. The van der Waals surface area contributed by atoms with Crippen molar-refractivity contribution in [2.45, 2.75) is 50.3 Å². The lowest BCUT2D eigenvalue weighted by atomic mass is 9.77. The molecule has 0 radical (unpaired) electrons. The summed E-state index contributed by atoms with van der Waals surface area (Å²) in [6, 6.07) is 10.5. The largest absolute Gasteiger partial charge is 0.389 e. The van der Waals surface area contributed by atoms with Crippen molar-refractivity contribution in [1.82, 2.24) is 14.8 Å². The van der Waals surface area contributed by atoms with Crippen LogP contribution in [0.2, 0.25) is 0 Å². The Balaban J connectivity index is 1.50. The van der Waals surface area contributed by atoms with Gasteiger partial charge in [0.25, 0.3) is 0 Å². The third kappa shape index (κ3) is 3.22. The first kappa shape index (κ1) is 18.1. The molecule has 1 saturated heterocycles. The molecule has 0 unspecified atom stereocenters. The summed E-state index contributed by atoms with van der Waals surface area (Å²) in [5.41, 5.74) is 2.24. The van der Waals surface area contributed by atoms with Gasteiger partial charge >= 0.3 is 0 Å². The molecular formula is C21H29N3OS. The van der Waals surface area contributed by atoms with Crippen LogP contribution < -0.4 is 0 Å². The number of aromatic nitrogens is 1. The summed E-state index contributed by atoms with van der Waals surface area (Å²) in [6.07, 6.45) is 5.44. The molecule has 0 amide bonds. The lowest BCUT2D eigenvalue weighted by molar-refractivity contribution is -0.0702. The van der Waals surface area contributed by atoms with E-state index in [-0.39, 0.29) is 5.54 Å². The summed E-state index contributed by atoms with van der Waals surface area (Å²) in [5.74, 6) is 0. The predicted octanol–water partition coefficient (Wildman–Crippen LogP) is 3.05. The number of hydrogen-bond acceptors (Lipinski definition) is 5. The van der Waals surface area contributed by atoms with Gasteiger partial charge in [0.2, 0.25) is 0 Å². The number of likely N-dealkylation sites (N-methyl/N-ethyl adjacent to an activating group) is 1. The van der Waals surface area contributed by atoms with Gasteiger partial charge in [-0.2, -0.15) is 0 Å². The van der Waals surface area contributed by atoms with Gasteiger partial charge in [-0.15, -0.1) is 11.3 Å². The van der Waals surface area contributed by atoms with E-state index < -0.39 is 6.10 Å². The van der Waals surface area contributed by atoms with E-state index in [2.05, 4.69) is 48.2 Å². The normalized spacial score (nSPS) is 26.8. The molecule has 2 atom stereocenters. The molecule has 1 aliphatic carbocycles. The fourth-order valence-electron chi connectivity index (χ4n) is 4.63. The summed E-state index contributed by atoms with van der Waals surface area (Å²) in [7, 11) is 4.17. The van der Waals surface area contributed by atoms with E-state index in [1.807, 2.05) is 17.4 Å². The first-order valence-corrected chi connectivity index (χ1v) is 10.5. The van der Waals surface area contributed by atoms with Gasteiger partial charge in [-0.3, -0.25) is 9.80 Å². The maximum Gasteiger partial charge on any atom is 0.107 e. The molecule has 1 aromatic carbocycles. The Morgan fingerprint density at radius 1 is 1.23 bits per heavy atom. The quantitative estimate of drug-likeness (QED) is 0.897. The summed E-state index contributed by atoms with van der Waals surface area (Å²) in [4.78, 5) is 11.0. The van der Waals surface area contributed by atoms with Gasteiger partial charge < -0.3 is 5.11 Å². The number of aliphatic hydroxyl groups is 1. The number of aliphatic hydroxyl groups excluding tert-OH is 1. The maximum absolute atomic E-state index is 11.2. The van der Waals surface area contributed by atoms with Crippen LogP contribution >= 0.6 is 11.3 Å². The third-order valence-electron chi connectivity index (χ3n) is 6.11. The third-order valence-corrected chi connectivity index (χ3v) is 7.25. The van der Waals surface area contributed by atoms with E-state index in [0.29, 0.717) is 6.54 Å². The number of β-amino-alcohol motifs (C(OH)–C–C–N with tert-alkyl or cyclic N) is 1. The van der Waals surface area contributed by atoms with Crippen molar-refractivity contribution in [2.75, 3.05) is 27.2 Å². The van der Waals surface area contributed by atoms with E-state index in [0.717, 1.165) is 25.9 Å². The summed E-state index contributed by atoms with van der Waals surface area (Å²) < 4.78 is 0. The van der Waals surface area contributed by atoms with Crippen molar-refractivity contribution >= 4 is 11.3 Å². The Bertz CT molecular complexity index is 721. The molecular weight excluding hydrogens is 342 g/mol. The first-order valence-electron chi connectivity index (χ1n) is 9.70. The molecule has 0 bridgehead atoms.